The molecule has 0 amide bonds. The predicted octanol–water partition coefficient (Wildman–Crippen LogP) is 2.33. The van der Waals surface area contributed by atoms with Crippen molar-refractivity contribution < 1.29 is 4.79 Å². The normalized spacial score (nSPS) is 10.3. The second-order valence-electron chi connectivity index (χ2n) is 4.41. The van der Waals surface area contributed by atoms with Crippen LogP contribution in [0.3, 0.4) is 0 Å². The number of pyridine rings is 1. The van der Waals surface area contributed by atoms with Crippen molar-refractivity contribution in [2.24, 2.45) is 0 Å². The number of hydrogen-bond donors (Lipinski definition) is 1. The zero-order valence-corrected chi connectivity index (χ0v) is 10.4. The van der Waals surface area contributed by atoms with Gasteiger partial charge in [0.25, 0.3) is 0 Å². The molecule has 2 rings (SSSR count). The topological polar surface area (TPSA) is 56.0 Å². The van der Waals surface area contributed by atoms with Gasteiger partial charge in [-0.15, -0.1) is 0 Å². The minimum absolute atomic E-state index is 0.190. The number of nitrogens with two attached hydrogens (primary N) is 1. The van der Waals surface area contributed by atoms with E-state index in [4.69, 9.17) is 5.73 Å². The van der Waals surface area contributed by atoms with E-state index >= 15 is 0 Å². The summed E-state index contributed by atoms with van der Waals surface area (Å²) in [6.45, 7) is 2.02. The molecule has 3 heteroatoms. The highest BCUT2D eigenvalue weighted by atomic mass is 16.1. The van der Waals surface area contributed by atoms with Crippen molar-refractivity contribution in [2.45, 2.75) is 19.8 Å². The van der Waals surface area contributed by atoms with Crippen molar-refractivity contribution in [3.63, 3.8) is 0 Å². The Kier molecular flexibility index (Phi) is 3.72. The fourth-order valence-electron chi connectivity index (χ4n) is 1.92. The van der Waals surface area contributed by atoms with Crippen molar-refractivity contribution in [2.75, 3.05) is 5.73 Å². The van der Waals surface area contributed by atoms with Gasteiger partial charge >= 0.3 is 0 Å². The largest absolute Gasteiger partial charge is 0.384 e. The molecule has 3 nitrogen and oxygen atoms in total. The SMILES string of the molecule is Cc1ccccc1CC(=O)Cc1ccnc(N)c1. The first kappa shape index (κ1) is 12.3. The van der Waals surface area contributed by atoms with Crippen LogP contribution in [0.5, 0.6) is 0 Å². The number of aryl methyl sites for hydroxylation is 1. The van der Waals surface area contributed by atoms with Gasteiger partial charge in [0, 0.05) is 19.0 Å². The summed E-state index contributed by atoms with van der Waals surface area (Å²) in [5.41, 5.74) is 8.75. The minimum Gasteiger partial charge on any atom is -0.384 e. The van der Waals surface area contributed by atoms with E-state index in [2.05, 4.69) is 4.98 Å². The molecular formula is C15H16N2O. The lowest BCUT2D eigenvalue weighted by atomic mass is 10.00. The quantitative estimate of drug-likeness (QED) is 0.892. The van der Waals surface area contributed by atoms with E-state index in [1.54, 1.807) is 12.3 Å². The molecule has 0 fully saturated rings. The molecule has 92 valence electrons. The van der Waals surface area contributed by atoms with E-state index in [0.29, 0.717) is 18.7 Å². The third-order valence-corrected chi connectivity index (χ3v) is 2.90. The summed E-state index contributed by atoms with van der Waals surface area (Å²) in [7, 11) is 0. The second kappa shape index (κ2) is 5.45. The Balaban J connectivity index is 2.03. The van der Waals surface area contributed by atoms with Gasteiger partial charge in [-0.05, 0) is 35.7 Å². The molecule has 1 heterocycles. The Morgan fingerprint density at radius 2 is 2.00 bits per heavy atom. The van der Waals surface area contributed by atoms with Crippen LogP contribution in [-0.4, -0.2) is 10.8 Å². The number of nitrogens with zero attached hydrogens (tertiary/aromatic N) is 1. The van der Waals surface area contributed by atoms with E-state index in [-0.39, 0.29) is 5.78 Å². The molecule has 18 heavy (non-hydrogen) atoms. The van der Waals surface area contributed by atoms with Gasteiger partial charge in [0.2, 0.25) is 0 Å². The zero-order chi connectivity index (χ0) is 13.0. The van der Waals surface area contributed by atoms with Crippen molar-refractivity contribution in [3.8, 4) is 0 Å². The maximum absolute atomic E-state index is 12.0. The van der Waals surface area contributed by atoms with Gasteiger partial charge in [-0.3, -0.25) is 4.79 Å². The molecule has 0 radical (unpaired) electrons. The summed E-state index contributed by atoms with van der Waals surface area (Å²) in [6.07, 6.45) is 2.50. The molecule has 0 atom stereocenters. The molecule has 0 spiro atoms. The maximum atomic E-state index is 12.0. The summed E-state index contributed by atoms with van der Waals surface area (Å²) >= 11 is 0. The zero-order valence-electron chi connectivity index (χ0n) is 10.4. The van der Waals surface area contributed by atoms with Gasteiger partial charge in [0.05, 0.1) is 0 Å². The summed E-state index contributed by atoms with van der Waals surface area (Å²) in [4.78, 5) is 15.9. The van der Waals surface area contributed by atoms with E-state index < -0.39 is 0 Å². The minimum atomic E-state index is 0.190. The number of benzene rings is 1. The van der Waals surface area contributed by atoms with E-state index in [1.807, 2.05) is 37.3 Å². The molecule has 1 aromatic heterocycles. The van der Waals surface area contributed by atoms with Crippen LogP contribution < -0.4 is 5.73 Å². The highest BCUT2D eigenvalue weighted by Crippen LogP contribution is 2.11. The third-order valence-electron chi connectivity index (χ3n) is 2.90. The summed E-state index contributed by atoms with van der Waals surface area (Å²) in [5, 5.41) is 0. The van der Waals surface area contributed by atoms with Crippen molar-refractivity contribution in [3.05, 3.63) is 59.3 Å². The van der Waals surface area contributed by atoms with Crippen LogP contribution in [-0.2, 0) is 17.6 Å². The van der Waals surface area contributed by atoms with Gasteiger partial charge in [-0.2, -0.15) is 0 Å². The van der Waals surface area contributed by atoms with Gasteiger partial charge in [-0.1, -0.05) is 24.3 Å². The van der Waals surface area contributed by atoms with Gasteiger partial charge in [-0.25, -0.2) is 4.98 Å². The molecule has 0 saturated carbocycles. The first-order valence-electron chi connectivity index (χ1n) is 5.92. The second-order valence-corrected chi connectivity index (χ2v) is 4.41. The Bertz CT molecular complexity index is 564. The standard InChI is InChI=1S/C15H16N2O/c1-11-4-2-3-5-13(11)10-14(18)8-12-6-7-17-15(16)9-12/h2-7,9H,8,10H2,1H3,(H2,16,17). The smallest absolute Gasteiger partial charge is 0.141 e. The molecule has 1 aromatic carbocycles. The molecule has 0 bridgehead atoms. The van der Waals surface area contributed by atoms with Crippen LogP contribution in [0.2, 0.25) is 0 Å². The molecule has 2 aromatic rings. The number of ketones is 1. The summed E-state index contributed by atoms with van der Waals surface area (Å²) < 4.78 is 0. The lowest BCUT2D eigenvalue weighted by molar-refractivity contribution is -0.117. The van der Waals surface area contributed by atoms with Gasteiger partial charge < -0.3 is 5.73 Å². The van der Waals surface area contributed by atoms with Crippen LogP contribution in [0, 0.1) is 6.92 Å². The van der Waals surface area contributed by atoms with E-state index in [1.165, 1.54) is 0 Å². The monoisotopic (exact) mass is 240 g/mol. The average Bonchev–Trinajstić information content (AvgIpc) is 2.32. The lowest BCUT2D eigenvalue weighted by Gasteiger charge is -2.05. The molecule has 0 unspecified atom stereocenters. The van der Waals surface area contributed by atoms with Crippen LogP contribution in [0.4, 0.5) is 5.82 Å². The van der Waals surface area contributed by atoms with E-state index in [9.17, 15) is 4.79 Å². The Morgan fingerprint density at radius 1 is 1.22 bits per heavy atom. The Labute approximate surface area is 107 Å². The number of anilines is 1. The lowest BCUT2D eigenvalue weighted by Crippen LogP contribution is -2.08. The summed E-state index contributed by atoms with van der Waals surface area (Å²) in [5.74, 6) is 0.645. The number of carbonyl (C=O) groups is 1. The first-order valence-corrected chi connectivity index (χ1v) is 5.92. The highest BCUT2D eigenvalue weighted by molar-refractivity contribution is 5.83. The van der Waals surface area contributed by atoms with E-state index in [0.717, 1.165) is 16.7 Å². The Morgan fingerprint density at radius 3 is 2.72 bits per heavy atom. The van der Waals surface area contributed by atoms with Crippen LogP contribution in [0.1, 0.15) is 16.7 Å². The van der Waals surface area contributed by atoms with Crippen molar-refractivity contribution in [1.82, 2.24) is 4.98 Å². The molecule has 0 aliphatic heterocycles. The predicted molar refractivity (Wildman–Crippen MR) is 72.2 cm³/mol. The van der Waals surface area contributed by atoms with Gasteiger partial charge in [0.15, 0.2) is 0 Å². The van der Waals surface area contributed by atoms with Crippen LogP contribution >= 0.6 is 0 Å². The van der Waals surface area contributed by atoms with Crippen molar-refractivity contribution >= 4 is 11.6 Å². The molecule has 0 aliphatic rings. The maximum Gasteiger partial charge on any atom is 0.141 e. The molecule has 2 N–H and O–H groups in total. The van der Waals surface area contributed by atoms with Gasteiger partial charge in [0.1, 0.15) is 11.6 Å². The summed E-state index contributed by atoms with van der Waals surface area (Å²) in [6, 6.07) is 11.5. The Hall–Kier alpha value is -2.16. The number of carbonyl (C=O) groups excluding carboxylic acids is 1. The third kappa shape index (κ3) is 3.17. The number of nitrogen functional groups attached to an aromatic ring is 1. The molecule has 0 aliphatic carbocycles. The van der Waals surface area contributed by atoms with Crippen LogP contribution in [0.15, 0.2) is 42.6 Å². The van der Waals surface area contributed by atoms with Crippen molar-refractivity contribution in [1.29, 1.82) is 0 Å². The fourth-order valence-corrected chi connectivity index (χ4v) is 1.92. The molecule has 0 saturated heterocycles. The fraction of sp³-hybridized carbons (Fsp3) is 0.200. The molecular weight excluding hydrogens is 224 g/mol. The highest BCUT2D eigenvalue weighted by Gasteiger charge is 2.07. The first-order chi connectivity index (χ1) is 8.65. The number of rotatable bonds is 4. The average molecular weight is 240 g/mol. The number of aromatic nitrogens is 1. The number of Topliss-reactive ketones (excluding diaryl/α,β-unsaturated/α-hetero) is 1. The van der Waals surface area contributed by atoms with Crippen LogP contribution in [0.25, 0.3) is 0 Å². The number of hydrogen-bond acceptors (Lipinski definition) is 3.